The van der Waals surface area contributed by atoms with Crippen LogP contribution in [0.2, 0.25) is 0 Å². The number of amides is 1. The zero-order valence-electron chi connectivity index (χ0n) is 16.6. The highest BCUT2D eigenvalue weighted by molar-refractivity contribution is 5.84. The third-order valence-corrected chi connectivity index (χ3v) is 5.27. The zero-order chi connectivity index (χ0) is 22.0. The predicted octanol–water partition coefficient (Wildman–Crippen LogP) is 3.38. The number of nitrogens with zero attached hydrogens (tertiary/aromatic N) is 4. The molecule has 1 aliphatic rings. The molecule has 2 heterocycles. The molecule has 1 N–H and O–H groups in total. The van der Waals surface area contributed by atoms with E-state index in [1.807, 2.05) is 31.3 Å². The molecule has 0 saturated carbocycles. The summed E-state index contributed by atoms with van der Waals surface area (Å²) in [5, 5.41) is 9.98. The molecule has 1 saturated heterocycles. The van der Waals surface area contributed by atoms with E-state index < -0.39 is 18.1 Å². The molecule has 0 atom stereocenters. The topological polar surface area (TPSA) is 74.5 Å². The minimum atomic E-state index is -2.90. The molecule has 0 unspecified atom stereocenters. The Hall–Kier alpha value is -3.40. The molecule has 1 amide bonds. The number of hydrogen-bond acceptors (Lipinski definition) is 6. The fraction of sp³-hybridized carbons (Fsp3) is 0.286. The van der Waals surface area contributed by atoms with Crippen LogP contribution in [0, 0.1) is 5.82 Å². The second kappa shape index (κ2) is 8.76. The van der Waals surface area contributed by atoms with Gasteiger partial charge in [0.1, 0.15) is 5.82 Å². The van der Waals surface area contributed by atoms with Crippen molar-refractivity contribution in [2.24, 2.45) is 0 Å². The average molecular weight is 431 g/mol. The highest BCUT2D eigenvalue weighted by atomic mass is 19.3. The number of likely N-dealkylation sites (N-methyl/N-ethyl adjacent to an activating group) is 1. The number of hydrogen-bond donors (Lipinski definition) is 1. The number of benzene rings is 2. The van der Waals surface area contributed by atoms with Crippen LogP contribution in [0.4, 0.5) is 24.5 Å². The summed E-state index contributed by atoms with van der Waals surface area (Å²) < 4.78 is 44.9. The number of alkyl halides is 2. The Balaban J connectivity index is 1.57. The first kappa shape index (κ1) is 20.9. The summed E-state index contributed by atoms with van der Waals surface area (Å²) in [4.78, 5) is 15.4. The van der Waals surface area contributed by atoms with Gasteiger partial charge < -0.3 is 19.5 Å². The minimum Gasteiger partial charge on any atom is -0.415 e. The van der Waals surface area contributed by atoms with Crippen molar-refractivity contribution < 1.29 is 22.4 Å². The van der Waals surface area contributed by atoms with Gasteiger partial charge in [-0.3, -0.25) is 4.79 Å². The Morgan fingerprint density at radius 3 is 2.52 bits per heavy atom. The molecule has 31 heavy (non-hydrogen) atoms. The average Bonchev–Trinajstić information content (AvgIpc) is 3.22. The first-order valence-electron chi connectivity index (χ1n) is 9.62. The Morgan fingerprint density at radius 1 is 1.19 bits per heavy atom. The van der Waals surface area contributed by atoms with Gasteiger partial charge in [-0.05, 0) is 24.3 Å². The zero-order valence-corrected chi connectivity index (χ0v) is 16.6. The van der Waals surface area contributed by atoms with Gasteiger partial charge in [-0.15, -0.1) is 10.2 Å². The van der Waals surface area contributed by atoms with Gasteiger partial charge in [-0.1, -0.05) is 18.2 Å². The quantitative estimate of drug-likeness (QED) is 0.552. The maximum absolute atomic E-state index is 14.8. The molecular weight excluding hydrogens is 411 g/mol. The second-order valence-corrected chi connectivity index (χ2v) is 7.20. The van der Waals surface area contributed by atoms with Crippen molar-refractivity contribution in [2.75, 3.05) is 29.9 Å². The Kier molecular flexibility index (Phi) is 5.90. The smallest absolute Gasteiger partial charge is 0.314 e. The van der Waals surface area contributed by atoms with E-state index in [0.717, 1.165) is 24.8 Å². The predicted molar refractivity (Wildman–Crippen MR) is 108 cm³/mol. The molecule has 0 radical (unpaired) electrons. The van der Waals surface area contributed by atoms with E-state index in [4.69, 9.17) is 4.42 Å². The van der Waals surface area contributed by atoms with Crippen LogP contribution in [0.15, 0.2) is 46.9 Å². The van der Waals surface area contributed by atoms with E-state index in [1.165, 1.54) is 17.0 Å². The standard InChI is InChI=1S/C21H20F3N5O2/c1-28(15-9-25-10-15)17-4-2-3-5-18(17)29(12-30)11-14-7-6-13(8-16(14)22)20-26-27-21(31-20)19(23)24/h2-8,12,15,19,25H,9-11H2,1H3. The van der Waals surface area contributed by atoms with E-state index >= 15 is 0 Å². The lowest BCUT2D eigenvalue weighted by molar-refractivity contribution is -0.107. The fourth-order valence-electron chi connectivity index (χ4n) is 3.36. The molecule has 162 valence electrons. The number of carbonyl (C=O) groups is 1. The molecule has 3 aromatic rings. The van der Waals surface area contributed by atoms with Crippen molar-refractivity contribution >= 4 is 17.8 Å². The van der Waals surface area contributed by atoms with Crippen LogP contribution in [0.3, 0.4) is 0 Å². The van der Waals surface area contributed by atoms with E-state index in [0.29, 0.717) is 18.1 Å². The van der Waals surface area contributed by atoms with Crippen molar-refractivity contribution in [3.05, 3.63) is 59.7 Å². The molecular formula is C21H20F3N5O2. The van der Waals surface area contributed by atoms with E-state index in [-0.39, 0.29) is 23.6 Å². The number of carbonyl (C=O) groups excluding carboxylic acids is 1. The van der Waals surface area contributed by atoms with Crippen molar-refractivity contribution in [1.29, 1.82) is 0 Å². The maximum atomic E-state index is 14.8. The SMILES string of the molecule is CN(c1ccccc1N(C=O)Cc1ccc(-c2nnc(C(F)F)o2)cc1F)C1CNC1. The van der Waals surface area contributed by atoms with Crippen LogP contribution in [-0.4, -0.2) is 42.8 Å². The van der Waals surface area contributed by atoms with Gasteiger partial charge in [-0.2, -0.15) is 8.78 Å². The van der Waals surface area contributed by atoms with Gasteiger partial charge in [0.25, 0.3) is 5.89 Å². The number of rotatable bonds is 8. The summed E-state index contributed by atoms with van der Waals surface area (Å²) in [5.74, 6) is -1.64. The largest absolute Gasteiger partial charge is 0.415 e. The van der Waals surface area contributed by atoms with E-state index in [2.05, 4.69) is 20.4 Å². The van der Waals surface area contributed by atoms with Gasteiger partial charge in [0.15, 0.2) is 0 Å². The van der Waals surface area contributed by atoms with E-state index in [9.17, 15) is 18.0 Å². The monoisotopic (exact) mass is 431 g/mol. The fourth-order valence-corrected chi connectivity index (χ4v) is 3.36. The van der Waals surface area contributed by atoms with Gasteiger partial charge in [-0.25, -0.2) is 4.39 Å². The van der Waals surface area contributed by atoms with Crippen molar-refractivity contribution in [3.63, 3.8) is 0 Å². The second-order valence-electron chi connectivity index (χ2n) is 7.20. The summed E-state index contributed by atoms with van der Waals surface area (Å²) in [5.41, 5.74) is 1.96. The highest BCUT2D eigenvalue weighted by Gasteiger charge is 2.25. The summed E-state index contributed by atoms with van der Waals surface area (Å²) in [7, 11) is 1.96. The lowest BCUT2D eigenvalue weighted by atomic mass is 10.1. The highest BCUT2D eigenvalue weighted by Crippen LogP contribution is 2.31. The molecule has 2 aromatic carbocycles. The van der Waals surface area contributed by atoms with Crippen molar-refractivity contribution in [2.45, 2.75) is 19.0 Å². The number of nitrogens with one attached hydrogen (secondary N) is 1. The van der Waals surface area contributed by atoms with Crippen LogP contribution in [-0.2, 0) is 11.3 Å². The summed E-state index contributed by atoms with van der Waals surface area (Å²) in [6.07, 6.45) is -2.24. The molecule has 7 nitrogen and oxygen atoms in total. The Morgan fingerprint density at radius 2 is 1.94 bits per heavy atom. The van der Waals surface area contributed by atoms with E-state index in [1.54, 1.807) is 0 Å². The Bertz CT molecular complexity index is 1070. The molecule has 1 aromatic heterocycles. The lowest BCUT2D eigenvalue weighted by Gasteiger charge is -2.38. The molecule has 4 rings (SSSR count). The lowest BCUT2D eigenvalue weighted by Crippen LogP contribution is -2.56. The third-order valence-electron chi connectivity index (χ3n) is 5.27. The Labute approximate surface area is 176 Å². The maximum Gasteiger partial charge on any atom is 0.314 e. The molecule has 0 aliphatic carbocycles. The van der Waals surface area contributed by atoms with Crippen molar-refractivity contribution in [3.8, 4) is 11.5 Å². The van der Waals surface area contributed by atoms with Crippen molar-refractivity contribution in [1.82, 2.24) is 15.5 Å². The molecule has 1 aliphatic heterocycles. The molecule has 10 heteroatoms. The van der Waals surface area contributed by atoms with Gasteiger partial charge in [0.2, 0.25) is 12.3 Å². The number of halogens is 3. The van der Waals surface area contributed by atoms with Crippen LogP contribution in [0.1, 0.15) is 17.9 Å². The number of para-hydroxylation sites is 2. The summed E-state index contributed by atoms with van der Waals surface area (Å²) in [6, 6.07) is 11.8. The molecule has 1 fully saturated rings. The van der Waals surface area contributed by atoms with Gasteiger partial charge in [0, 0.05) is 31.3 Å². The molecule has 0 spiro atoms. The van der Waals surface area contributed by atoms with Gasteiger partial charge >= 0.3 is 6.43 Å². The van der Waals surface area contributed by atoms with Crippen LogP contribution < -0.4 is 15.1 Å². The first-order chi connectivity index (χ1) is 15.0. The van der Waals surface area contributed by atoms with Gasteiger partial charge in [0.05, 0.1) is 24.0 Å². The summed E-state index contributed by atoms with van der Waals surface area (Å²) in [6.45, 7) is 1.70. The first-order valence-corrected chi connectivity index (χ1v) is 9.62. The van der Waals surface area contributed by atoms with Crippen LogP contribution in [0.5, 0.6) is 0 Å². The normalized spacial score (nSPS) is 13.8. The van der Waals surface area contributed by atoms with Crippen LogP contribution >= 0.6 is 0 Å². The third kappa shape index (κ3) is 4.24. The minimum absolute atomic E-state index is 0.00446. The number of anilines is 2. The summed E-state index contributed by atoms with van der Waals surface area (Å²) >= 11 is 0. The number of aromatic nitrogens is 2. The molecule has 0 bridgehead atoms. The van der Waals surface area contributed by atoms with Crippen LogP contribution in [0.25, 0.3) is 11.5 Å².